The average Bonchev–Trinajstić information content (AvgIpc) is 3.12. The Hall–Kier alpha value is -3.91. The van der Waals surface area contributed by atoms with E-state index in [0.717, 1.165) is 0 Å². The molecule has 2 aromatic heterocycles. The molecule has 0 atom stereocenters. The fourth-order valence-electron chi connectivity index (χ4n) is 4.88. The highest BCUT2D eigenvalue weighted by atomic mass is 15.0. The van der Waals surface area contributed by atoms with Gasteiger partial charge in [-0.05, 0) is 49.6 Å². The van der Waals surface area contributed by atoms with Crippen LogP contribution in [0.15, 0.2) is 103 Å². The van der Waals surface area contributed by atoms with Crippen molar-refractivity contribution in [3.05, 3.63) is 120 Å². The van der Waals surface area contributed by atoms with Gasteiger partial charge in [-0.2, -0.15) is 4.57 Å². The molecule has 0 saturated heterocycles. The lowest BCUT2D eigenvalue weighted by molar-refractivity contribution is -0.660. The molecule has 2 nitrogen and oxygen atoms in total. The molecule has 162 valence electrons. The summed E-state index contributed by atoms with van der Waals surface area (Å²) in [7, 11) is 2.13. The van der Waals surface area contributed by atoms with E-state index in [0.29, 0.717) is 0 Å². The molecule has 0 saturated carbocycles. The summed E-state index contributed by atoms with van der Waals surface area (Å²) in [5, 5.41) is 0. The van der Waals surface area contributed by atoms with Crippen LogP contribution in [0.4, 0.5) is 0 Å². The third kappa shape index (κ3) is 3.78. The maximum absolute atomic E-state index is 2.45. The lowest BCUT2D eigenvalue weighted by Crippen LogP contribution is -2.31. The fraction of sp³-hybridized carbons (Fsp3) is 0.129. The zero-order valence-corrected chi connectivity index (χ0v) is 19.7. The number of aromatic nitrogens is 2. The largest absolute Gasteiger partial charge is 0.307 e. The molecule has 0 spiro atoms. The summed E-state index contributed by atoms with van der Waals surface area (Å²) in [6.07, 6.45) is 2.20. The van der Waals surface area contributed by atoms with Gasteiger partial charge in [-0.3, -0.25) is 0 Å². The van der Waals surface area contributed by atoms with Crippen molar-refractivity contribution in [3.8, 4) is 39.3 Å². The second kappa shape index (κ2) is 8.55. The topological polar surface area (TPSA) is 8.81 Å². The molecule has 0 fully saturated rings. The molecule has 5 rings (SSSR count). The third-order valence-corrected chi connectivity index (χ3v) is 6.33. The lowest BCUT2D eigenvalue weighted by atomic mass is 9.95. The highest BCUT2D eigenvalue weighted by Crippen LogP contribution is 2.40. The minimum absolute atomic E-state index is 1.20. The molecule has 0 aliphatic carbocycles. The van der Waals surface area contributed by atoms with Crippen LogP contribution in [-0.2, 0) is 7.05 Å². The van der Waals surface area contributed by atoms with Crippen LogP contribution in [0.5, 0.6) is 0 Å². The molecular formula is C31H29N2+. The molecule has 5 aromatic rings. The highest BCUT2D eigenvalue weighted by molar-refractivity contribution is 5.87. The van der Waals surface area contributed by atoms with Gasteiger partial charge in [0.25, 0.3) is 0 Å². The zero-order chi connectivity index (χ0) is 22.9. The van der Waals surface area contributed by atoms with Crippen molar-refractivity contribution in [2.45, 2.75) is 20.8 Å². The number of rotatable bonds is 4. The average molecular weight is 430 g/mol. The van der Waals surface area contributed by atoms with Gasteiger partial charge in [0.05, 0.1) is 5.69 Å². The second-order valence-electron chi connectivity index (χ2n) is 8.79. The standard InChI is InChI=1S/C31H29N2/c1-22-18-19-29(32(4)21-22)30-23(2)20-24(3)33(30)31-27(25-12-7-5-8-13-25)16-11-17-28(31)26-14-9-6-10-15-26/h5-21H,1-4H3/q+1. The predicted octanol–water partition coefficient (Wildman–Crippen LogP) is 7.23. The number of hydrogen-bond acceptors (Lipinski definition) is 0. The van der Waals surface area contributed by atoms with Crippen molar-refractivity contribution in [3.63, 3.8) is 0 Å². The van der Waals surface area contributed by atoms with E-state index in [1.54, 1.807) is 0 Å². The van der Waals surface area contributed by atoms with Gasteiger partial charge >= 0.3 is 0 Å². The van der Waals surface area contributed by atoms with E-state index in [1.165, 1.54) is 56.1 Å². The molecule has 0 bridgehead atoms. The van der Waals surface area contributed by atoms with Crippen molar-refractivity contribution < 1.29 is 4.57 Å². The SMILES string of the molecule is Cc1ccc(-c2c(C)cc(C)n2-c2c(-c3ccccc3)cccc2-c2ccccc2)[n+](C)c1. The summed E-state index contributed by atoms with van der Waals surface area (Å²) >= 11 is 0. The summed E-state index contributed by atoms with van der Waals surface area (Å²) in [5.41, 5.74) is 12.3. The molecule has 0 aliphatic rings. The van der Waals surface area contributed by atoms with Gasteiger partial charge in [0.15, 0.2) is 6.20 Å². The number of nitrogens with zero attached hydrogens (tertiary/aromatic N) is 2. The summed E-state index contributed by atoms with van der Waals surface area (Å²) in [6, 6.07) is 34.8. The minimum atomic E-state index is 1.20. The van der Waals surface area contributed by atoms with Crippen molar-refractivity contribution in [2.75, 3.05) is 0 Å². The Bertz CT molecular complexity index is 1370. The van der Waals surface area contributed by atoms with E-state index in [1.807, 2.05) is 0 Å². The zero-order valence-electron chi connectivity index (χ0n) is 19.7. The molecule has 0 N–H and O–H groups in total. The Labute approximate surface area is 196 Å². The first kappa shape index (κ1) is 21.0. The molecule has 2 heteroatoms. The normalized spacial score (nSPS) is 11.0. The number of benzene rings is 3. The van der Waals surface area contributed by atoms with E-state index < -0.39 is 0 Å². The summed E-state index contributed by atoms with van der Waals surface area (Å²) < 4.78 is 4.69. The van der Waals surface area contributed by atoms with E-state index in [-0.39, 0.29) is 0 Å². The van der Waals surface area contributed by atoms with Crippen LogP contribution in [0.2, 0.25) is 0 Å². The van der Waals surface area contributed by atoms with Crippen LogP contribution in [0.3, 0.4) is 0 Å². The Morgan fingerprint density at radius 3 is 1.76 bits per heavy atom. The quantitative estimate of drug-likeness (QED) is 0.267. The first-order valence-corrected chi connectivity index (χ1v) is 11.4. The lowest BCUT2D eigenvalue weighted by Gasteiger charge is -2.20. The Balaban J connectivity index is 1.89. The van der Waals surface area contributed by atoms with Gasteiger partial charge in [-0.1, -0.05) is 78.9 Å². The number of pyridine rings is 1. The minimum Gasteiger partial charge on any atom is -0.307 e. The van der Waals surface area contributed by atoms with Gasteiger partial charge in [0.1, 0.15) is 12.7 Å². The summed E-state index contributed by atoms with van der Waals surface area (Å²) in [6.45, 7) is 6.56. The first-order chi connectivity index (χ1) is 16.0. The summed E-state index contributed by atoms with van der Waals surface area (Å²) in [5.74, 6) is 0. The van der Waals surface area contributed by atoms with Crippen LogP contribution in [0.25, 0.3) is 39.3 Å². The fourth-order valence-corrected chi connectivity index (χ4v) is 4.88. The van der Waals surface area contributed by atoms with E-state index in [2.05, 4.69) is 140 Å². The summed E-state index contributed by atoms with van der Waals surface area (Å²) in [4.78, 5) is 0. The van der Waals surface area contributed by atoms with Gasteiger partial charge < -0.3 is 4.57 Å². The van der Waals surface area contributed by atoms with Crippen LogP contribution in [0, 0.1) is 20.8 Å². The van der Waals surface area contributed by atoms with Gasteiger partial charge in [-0.15, -0.1) is 0 Å². The van der Waals surface area contributed by atoms with Crippen LogP contribution >= 0.6 is 0 Å². The Morgan fingerprint density at radius 1 is 0.636 bits per heavy atom. The molecule has 0 radical (unpaired) electrons. The monoisotopic (exact) mass is 429 g/mol. The highest BCUT2D eigenvalue weighted by Gasteiger charge is 2.24. The molecular weight excluding hydrogens is 400 g/mol. The Morgan fingerprint density at radius 2 is 1.21 bits per heavy atom. The second-order valence-corrected chi connectivity index (χ2v) is 8.79. The molecule has 0 unspecified atom stereocenters. The van der Waals surface area contributed by atoms with Crippen LogP contribution in [-0.4, -0.2) is 4.57 Å². The predicted molar refractivity (Wildman–Crippen MR) is 137 cm³/mol. The Kier molecular flexibility index (Phi) is 5.43. The maximum Gasteiger partial charge on any atom is 0.229 e. The van der Waals surface area contributed by atoms with Crippen molar-refractivity contribution >= 4 is 0 Å². The van der Waals surface area contributed by atoms with Crippen molar-refractivity contribution in [1.29, 1.82) is 0 Å². The van der Waals surface area contributed by atoms with Crippen LogP contribution in [0.1, 0.15) is 16.8 Å². The van der Waals surface area contributed by atoms with Gasteiger partial charge in [0.2, 0.25) is 5.69 Å². The number of para-hydroxylation sites is 1. The maximum atomic E-state index is 2.45. The first-order valence-electron chi connectivity index (χ1n) is 11.4. The van der Waals surface area contributed by atoms with Crippen molar-refractivity contribution in [2.24, 2.45) is 7.05 Å². The van der Waals surface area contributed by atoms with Gasteiger partial charge in [-0.25, -0.2) is 0 Å². The molecule has 33 heavy (non-hydrogen) atoms. The third-order valence-electron chi connectivity index (χ3n) is 6.33. The molecule has 3 aromatic carbocycles. The number of aryl methyl sites for hydroxylation is 4. The number of hydrogen-bond donors (Lipinski definition) is 0. The molecule has 0 amide bonds. The smallest absolute Gasteiger partial charge is 0.229 e. The van der Waals surface area contributed by atoms with E-state index >= 15 is 0 Å². The molecule has 2 heterocycles. The van der Waals surface area contributed by atoms with Gasteiger partial charge in [0, 0.05) is 28.5 Å². The van der Waals surface area contributed by atoms with Crippen LogP contribution < -0.4 is 4.57 Å². The molecule has 0 aliphatic heterocycles. The van der Waals surface area contributed by atoms with E-state index in [9.17, 15) is 0 Å². The van der Waals surface area contributed by atoms with Crippen molar-refractivity contribution in [1.82, 2.24) is 4.57 Å². The van der Waals surface area contributed by atoms with E-state index in [4.69, 9.17) is 0 Å².